The topological polar surface area (TPSA) is 55.4 Å². The maximum Gasteiger partial charge on any atom is 0.407 e. The van der Waals surface area contributed by atoms with Gasteiger partial charge in [0, 0.05) is 12.0 Å². The fourth-order valence-electron chi connectivity index (χ4n) is 3.22. The van der Waals surface area contributed by atoms with Crippen molar-refractivity contribution in [3.05, 3.63) is 60.2 Å². The largest absolute Gasteiger partial charge is 0.444 e. The van der Waals surface area contributed by atoms with E-state index >= 15 is 0 Å². The second kappa shape index (κ2) is 11.2. The fraction of sp³-hybridized carbons (Fsp3) is 0.440. The number of amides is 1. The first-order valence-corrected chi connectivity index (χ1v) is 11.5. The second-order valence-electron chi connectivity index (χ2n) is 8.50. The van der Waals surface area contributed by atoms with Crippen LogP contribution in [-0.2, 0) is 16.0 Å². The molecule has 30 heavy (non-hydrogen) atoms. The molecule has 0 heterocycles. The first-order valence-electron chi connectivity index (χ1n) is 10.5. The lowest BCUT2D eigenvalue weighted by Crippen LogP contribution is -2.41. The molecular weight excluding hydrogens is 394 g/mol. The van der Waals surface area contributed by atoms with Crippen LogP contribution in [0.1, 0.15) is 46.6 Å². The molecule has 0 aromatic heterocycles. The summed E-state index contributed by atoms with van der Waals surface area (Å²) in [4.78, 5) is 24.6. The zero-order valence-corrected chi connectivity index (χ0v) is 19.4. The van der Waals surface area contributed by atoms with Crippen LogP contribution in [0.5, 0.6) is 0 Å². The molecule has 1 N–H and O–H groups in total. The summed E-state index contributed by atoms with van der Waals surface area (Å²) in [6.45, 7) is 9.42. The smallest absolute Gasteiger partial charge is 0.407 e. The molecule has 2 rings (SSSR count). The molecule has 0 aliphatic carbocycles. The van der Waals surface area contributed by atoms with E-state index in [1.807, 2.05) is 52.8 Å². The van der Waals surface area contributed by atoms with E-state index in [0.29, 0.717) is 12.8 Å². The Kier molecular flexibility index (Phi) is 8.97. The standard InChI is InChI=1S/C25H33NO3S/c1-6-30-23(27)18(2)16-22(26-24(28)29-25(3,4)5)17-19-12-14-21(15-13-19)20-10-8-7-9-11-20/h7-15,18,22H,6,16-17H2,1-5H3,(H,26,28)/t18?,22-/m0/s1. The Hall–Kier alpha value is -2.27. The third-order valence-electron chi connectivity index (χ3n) is 4.59. The van der Waals surface area contributed by atoms with Crippen LogP contribution >= 0.6 is 11.8 Å². The molecular formula is C25H33NO3S. The van der Waals surface area contributed by atoms with Gasteiger partial charge in [0.15, 0.2) is 5.12 Å². The van der Waals surface area contributed by atoms with Crippen molar-refractivity contribution < 1.29 is 14.3 Å². The van der Waals surface area contributed by atoms with Gasteiger partial charge in [0.05, 0.1) is 0 Å². The normalized spacial score (nSPS) is 13.4. The molecule has 162 valence electrons. The van der Waals surface area contributed by atoms with E-state index in [1.165, 1.54) is 17.3 Å². The lowest BCUT2D eigenvalue weighted by Gasteiger charge is -2.25. The Morgan fingerprint density at radius 2 is 1.60 bits per heavy atom. The monoisotopic (exact) mass is 427 g/mol. The fourth-order valence-corrected chi connectivity index (χ4v) is 3.89. The Morgan fingerprint density at radius 1 is 1.00 bits per heavy atom. The minimum Gasteiger partial charge on any atom is -0.444 e. The number of hydrogen-bond donors (Lipinski definition) is 1. The molecule has 0 fully saturated rings. The number of ether oxygens (including phenoxy) is 1. The van der Waals surface area contributed by atoms with Gasteiger partial charge in [-0.05, 0) is 56.1 Å². The maximum absolute atomic E-state index is 12.4. The molecule has 1 unspecified atom stereocenters. The Bertz CT molecular complexity index is 813. The van der Waals surface area contributed by atoms with Gasteiger partial charge in [-0.15, -0.1) is 0 Å². The summed E-state index contributed by atoms with van der Waals surface area (Å²) in [7, 11) is 0. The predicted molar refractivity (Wildman–Crippen MR) is 126 cm³/mol. The van der Waals surface area contributed by atoms with E-state index in [1.54, 1.807) is 0 Å². The van der Waals surface area contributed by atoms with Crippen molar-refractivity contribution in [2.75, 3.05) is 5.75 Å². The molecule has 0 bridgehead atoms. The van der Waals surface area contributed by atoms with Gasteiger partial charge in [0.25, 0.3) is 0 Å². The lowest BCUT2D eigenvalue weighted by molar-refractivity contribution is -0.114. The molecule has 0 spiro atoms. The van der Waals surface area contributed by atoms with Crippen molar-refractivity contribution in [2.45, 2.75) is 59.1 Å². The van der Waals surface area contributed by atoms with Gasteiger partial charge in [-0.25, -0.2) is 4.79 Å². The van der Waals surface area contributed by atoms with E-state index in [4.69, 9.17) is 4.74 Å². The molecule has 0 radical (unpaired) electrons. The summed E-state index contributed by atoms with van der Waals surface area (Å²) in [5.41, 5.74) is 2.87. The van der Waals surface area contributed by atoms with Crippen molar-refractivity contribution in [2.24, 2.45) is 5.92 Å². The van der Waals surface area contributed by atoms with Gasteiger partial charge in [0.1, 0.15) is 5.60 Å². The minimum absolute atomic E-state index is 0.140. The first-order chi connectivity index (χ1) is 14.2. The number of carbonyl (C=O) groups excluding carboxylic acids is 2. The van der Waals surface area contributed by atoms with E-state index in [-0.39, 0.29) is 17.1 Å². The van der Waals surface area contributed by atoms with Crippen LogP contribution in [-0.4, -0.2) is 28.6 Å². The predicted octanol–water partition coefficient (Wildman–Crippen LogP) is 6.10. The quantitative estimate of drug-likeness (QED) is 0.553. The van der Waals surface area contributed by atoms with E-state index < -0.39 is 11.7 Å². The van der Waals surface area contributed by atoms with Gasteiger partial charge >= 0.3 is 6.09 Å². The molecule has 0 aliphatic rings. The van der Waals surface area contributed by atoms with Gasteiger partial charge in [-0.3, -0.25) is 4.79 Å². The Labute approximate surface area is 184 Å². The number of thioether (sulfide) groups is 1. The molecule has 0 saturated heterocycles. The average molecular weight is 428 g/mol. The third kappa shape index (κ3) is 8.23. The summed E-state index contributed by atoms with van der Waals surface area (Å²) < 4.78 is 5.43. The molecule has 2 aromatic rings. The highest BCUT2D eigenvalue weighted by Gasteiger charge is 2.23. The number of carbonyl (C=O) groups is 2. The van der Waals surface area contributed by atoms with Gasteiger partial charge in [-0.1, -0.05) is 80.2 Å². The lowest BCUT2D eigenvalue weighted by atomic mass is 9.95. The van der Waals surface area contributed by atoms with Crippen LogP contribution in [0.3, 0.4) is 0 Å². The Morgan fingerprint density at radius 3 is 2.17 bits per heavy atom. The van der Waals surface area contributed by atoms with Crippen LogP contribution in [0.4, 0.5) is 4.79 Å². The molecule has 5 heteroatoms. The van der Waals surface area contributed by atoms with Crippen LogP contribution in [0.15, 0.2) is 54.6 Å². The van der Waals surface area contributed by atoms with Crippen molar-refractivity contribution in [3.63, 3.8) is 0 Å². The molecule has 2 atom stereocenters. The summed E-state index contributed by atoms with van der Waals surface area (Å²) in [5.74, 6) is 0.618. The van der Waals surface area contributed by atoms with Crippen molar-refractivity contribution in [1.82, 2.24) is 5.32 Å². The van der Waals surface area contributed by atoms with Crippen molar-refractivity contribution in [1.29, 1.82) is 0 Å². The second-order valence-corrected chi connectivity index (χ2v) is 9.77. The Balaban J connectivity index is 2.10. The summed E-state index contributed by atoms with van der Waals surface area (Å²) >= 11 is 1.33. The zero-order valence-electron chi connectivity index (χ0n) is 18.6. The summed E-state index contributed by atoms with van der Waals surface area (Å²) in [5, 5.41) is 3.13. The maximum atomic E-state index is 12.4. The number of nitrogens with one attached hydrogen (secondary N) is 1. The summed E-state index contributed by atoms with van der Waals surface area (Å²) in [6, 6.07) is 18.4. The molecule has 1 amide bonds. The van der Waals surface area contributed by atoms with Gasteiger partial charge in [0.2, 0.25) is 0 Å². The SMILES string of the molecule is CCSC(=O)C(C)C[C@@H](Cc1ccc(-c2ccccc2)cc1)NC(=O)OC(C)(C)C. The number of rotatable bonds is 8. The van der Waals surface area contributed by atoms with Crippen LogP contribution in [0, 0.1) is 5.92 Å². The van der Waals surface area contributed by atoms with E-state index in [0.717, 1.165) is 16.9 Å². The third-order valence-corrected chi connectivity index (χ3v) is 5.57. The summed E-state index contributed by atoms with van der Waals surface area (Å²) in [6.07, 6.45) is 0.769. The van der Waals surface area contributed by atoms with E-state index in [2.05, 4.69) is 41.7 Å². The van der Waals surface area contributed by atoms with Crippen LogP contribution in [0.25, 0.3) is 11.1 Å². The van der Waals surface area contributed by atoms with Crippen molar-refractivity contribution >= 4 is 23.0 Å². The number of hydrogen-bond acceptors (Lipinski definition) is 4. The average Bonchev–Trinajstić information content (AvgIpc) is 2.68. The molecule has 0 aliphatic heterocycles. The minimum atomic E-state index is -0.564. The highest BCUT2D eigenvalue weighted by molar-refractivity contribution is 8.13. The van der Waals surface area contributed by atoms with E-state index in [9.17, 15) is 9.59 Å². The zero-order chi connectivity index (χ0) is 22.1. The molecule has 2 aromatic carbocycles. The van der Waals surface area contributed by atoms with Crippen molar-refractivity contribution in [3.8, 4) is 11.1 Å². The van der Waals surface area contributed by atoms with Crippen LogP contribution in [0.2, 0.25) is 0 Å². The molecule has 0 saturated carbocycles. The van der Waals surface area contributed by atoms with Gasteiger partial charge in [-0.2, -0.15) is 0 Å². The number of alkyl carbamates (subject to hydrolysis) is 1. The highest BCUT2D eigenvalue weighted by atomic mass is 32.2. The molecule has 4 nitrogen and oxygen atoms in total. The van der Waals surface area contributed by atoms with Gasteiger partial charge < -0.3 is 10.1 Å². The van der Waals surface area contributed by atoms with Crippen LogP contribution < -0.4 is 5.32 Å². The highest BCUT2D eigenvalue weighted by Crippen LogP contribution is 2.22. The number of benzene rings is 2. The first kappa shape index (κ1) is 24.0.